The molecule has 0 spiro atoms. The third-order valence-corrected chi connectivity index (χ3v) is 4.12. The lowest BCUT2D eigenvalue weighted by atomic mass is 10.2. The van der Waals surface area contributed by atoms with E-state index in [1.807, 2.05) is 30.3 Å². The summed E-state index contributed by atoms with van der Waals surface area (Å²) in [6.07, 6.45) is 0. The molecule has 4 aromatic rings. The highest BCUT2D eigenvalue weighted by atomic mass is 35.5. The average molecular weight is 425 g/mol. The van der Waals surface area contributed by atoms with E-state index in [-0.39, 0.29) is 18.2 Å². The maximum atomic E-state index is 10.9. The Morgan fingerprint density at radius 1 is 0.967 bits per heavy atom. The van der Waals surface area contributed by atoms with E-state index < -0.39 is 12.6 Å². The van der Waals surface area contributed by atoms with Gasteiger partial charge in [0, 0.05) is 4.80 Å². The highest BCUT2D eigenvalue weighted by molar-refractivity contribution is 5.68. The summed E-state index contributed by atoms with van der Waals surface area (Å²) in [6, 6.07) is 23.0. The molecule has 8 nitrogen and oxygen atoms in total. The standard InChI is InChI=1S/C21H16N4O4.ClH/c26-18-12-6-4-10-16(18)24-22-21(15-8-2-1-3-9-15)23-25(24)17-11-5-7-13-19(17)29-14-20(27)28;/h1-13H,14H2,(H-,22,23,26,27,28);1H. The minimum Gasteiger partial charge on any atom is -1.00 e. The molecule has 3 aromatic carbocycles. The van der Waals surface area contributed by atoms with Crippen LogP contribution in [0.4, 0.5) is 0 Å². The summed E-state index contributed by atoms with van der Waals surface area (Å²) in [5, 5.41) is 28.5. The van der Waals surface area contributed by atoms with Gasteiger partial charge in [-0.2, -0.15) is 0 Å². The molecule has 0 saturated carbocycles. The van der Waals surface area contributed by atoms with E-state index in [0.29, 0.717) is 22.9 Å². The first kappa shape index (κ1) is 20.8. The fourth-order valence-electron chi connectivity index (χ4n) is 2.82. The van der Waals surface area contributed by atoms with Gasteiger partial charge >= 0.3 is 11.8 Å². The molecule has 0 unspecified atom stereocenters. The predicted octanol–water partition coefficient (Wildman–Crippen LogP) is -0.616. The van der Waals surface area contributed by atoms with Crippen molar-refractivity contribution in [2.75, 3.05) is 6.61 Å². The Morgan fingerprint density at radius 3 is 2.37 bits per heavy atom. The monoisotopic (exact) mass is 424 g/mol. The summed E-state index contributed by atoms with van der Waals surface area (Å²) in [6.45, 7) is -0.492. The summed E-state index contributed by atoms with van der Waals surface area (Å²) in [4.78, 5) is 13.9. The third kappa shape index (κ3) is 4.23. The summed E-state index contributed by atoms with van der Waals surface area (Å²) >= 11 is 0. The SMILES string of the molecule is O=C(O)COc1ccccc1-n1nc(-c2ccccc2)n[n+]1-c1ccccc1O.[Cl-]. The van der Waals surface area contributed by atoms with Crippen molar-refractivity contribution < 1.29 is 36.9 Å². The van der Waals surface area contributed by atoms with Crippen LogP contribution in [0.1, 0.15) is 0 Å². The van der Waals surface area contributed by atoms with Gasteiger partial charge in [0.1, 0.15) is 0 Å². The molecular weight excluding hydrogens is 408 g/mol. The molecule has 0 atom stereocenters. The lowest BCUT2D eigenvalue weighted by Crippen LogP contribution is -3.00. The Balaban J connectivity index is 0.00000256. The van der Waals surface area contributed by atoms with Crippen molar-refractivity contribution in [2.45, 2.75) is 0 Å². The van der Waals surface area contributed by atoms with Crippen molar-refractivity contribution in [1.29, 1.82) is 0 Å². The molecule has 30 heavy (non-hydrogen) atoms. The average Bonchev–Trinajstić information content (AvgIpc) is 3.18. The van der Waals surface area contributed by atoms with Gasteiger partial charge in [0.25, 0.3) is 0 Å². The molecule has 0 fully saturated rings. The summed E-state index contributed by atoms with van der Waals surface area (Å²) < 4.78 is 5.43. The molecule has 0 aliphatic heterocycles. The van der Waals surface area contributed by atoms with Crippen LogP contribution in [0.25, 0.3) is 22.8 Å². The number of carbonyl (C=O) groups is 1. The number of ether oxygens (including phenoxy) is 1. The van der Waals surface area contributed by atoms with Crippen molar-refractivity contribution >= 4 is 5.97 Å². The normalized spacial score (nSPS) is 10.3. The lowest BCUT2D eigenvalue weighted by Gasteiger charge is -2.07. The van der Waals surface area contributed by atoms with E-state index in [2.05, 4.69) is 10.2 Å². The Labute approximate surface area is 178 Å². The molecule has 9 heteroatoms. The molecule has 0 aliphatic rings. The Kier molecular flexibility index (Phi) is 6.29. The first-order valence-corrected chi connectivity index (χ1v) is 8.81. The topological polar surface area (TPSA) is 101 Å². The van der Waals surface area contributed by atoms with E-state index in [4.69, 9.17) is 9.84 Å². The number of aliphatic carboxylic acids is 1. The van der Waals surface area contributed by atoms with Gasteiger partial charge in [-0.3, -0.25) is 0 Å². The molecule has 2 N–H and O–H groups in total. The molecule has 0 amide bonds. The molecule has 0 radical (unpaired) electrons. The molecule has 0 saturated heterocycles. The van der Waals surface area contributed by atoms with Gasteiger partial charge in [0.05, 0.1) is 10.7 Å². The zero-order valence-corrected chi connectivity index (χ0v) is 16.3. The zero-order valence-electron chi connectivity index (χ0n) is 15.6. The minimum absolute atomic E-state index is 0. The van der Waals surface area contributed by atoms with E-state index in [1.54, 1.807) is 48.5 Å². The van der Waals surface area contributed by atoms with Crippen molar-refractivity contribution in [3.8, 4) is 34.3 Å². The second-order valence-corrected chi connectivity index (χ2v) is 6.11. The number of carboxylic acids is 1. The van der Waals surface area contributed by atoms with Crippen LogP contribution in [-0.4, -0.2) is 37.8 Å². The number of para-hydroxylation sites is 4. The number of phenols is 1. The molecule has 1 aromatic heterocycles. The fourth-order valence-corrected chi connectivity index (χ4v) is 2.82. The summed E-state index contributed by atoms with van der Waals surface area (Å²) in [7, 11) is 0. The fraction of sp³-hybridized carbons (Fsp3) is 0.0476. The second kappa shape index (κ2) is 9.06. The minimum atomic E-state index is -1.09. The first-order chi connectivity index (χ1) is 14.1. The van der Waals surface area contributed by atoms with Crippen molar-refractivity contribution in [2.24, 2.45) is 0 Å². The highest BCUT2D eigenvalue weighted by Crippen LogP contribution is 2.24. The van der Waals surface area contributed by atoms with Gasteiger partial charge in [0.15, 0.2) is 23.8 Å². The van der Waals surface area contributed by atoms with Gasteiger partial charge < -0.3 is 27.4 Å². The number of aromatic nitrogens is 4. The number of hydrogen-bond donors (Lipinski definition) is 2. The molecule has 0 bridgehead atoms. The van der Waals surface area contributed by atoms with Crippen molar-refractivity contribution in [1.82, 2.24) is 15.0 Å². The van der Waals surface area contributed by atoms with Crippen molar-refractivity contribution in [3.63, 3.8) is 0 Å². The molecule has 1 heterocycles. The summed E-state index contributed by atoms with van der Waals surface area (Å²) in [5.41, 5.74) is 1.68. The smallest absolute Gasteiger partial charge is 0.341 e. The number of carboxylic acid groups (broad SMARTS) is 1. The quantitative estimate of drug-likeness (QED) is 0.400. The number of nitrogens with zero attached hydrogens (tertiary/aromatic N) is 4. The van der Waals surface area contributed by atoms with Crippen LogP contribution in [0.5, 0.6) is 11.5 Å². The largest absolute Gasteiger partial charge is 1.00 e. The van der Waals surface area contributed by atoms with Crippen LogP contribution in [0, 0.1) is 0 Å². The van der Waals surface area contributed by atoms with Gasteiger partial charge in [-0.05, 0) is 46.3 Å². The lowest BCUT2D eigenvalue weighted by molar-refractivity contribution is -0.734. The van der Waals surface area contributed by atoms with E-state index in [0.717, 1.165) is 5.56 Å². The Morgan fingerprint density at radius 2 is 1.63 bits per heavy atom. The molecule has 4 rings (SSSR count). The number of hydrogen-bond acceptors (Lipinski definition) is 5. The van der Waals surface area contributed by atoms with E-state index >= 15 is 0 Å². The predicted molar refractivity (Wildman–Crippen MR) is 103 cm³/mol. The number of halogens is 1. The van der Waals surface area contributed by atoms with E-state index in [1.165, 1.54) is 9.59 Å². The maximum absolute atomic E-state index is 10.9. The number of tetrazole rings is 1. The van der Waals surface area contributed by atoms with Crippen LogP contribution in [0.15, 0.2) is 78.9 Å². The number of rotatable bonds is 6. The third-order valence-electron chi connectivity index (χ3n) is 4.12. The van der Waals surface area contributed by atoms with Crippen LogP contribution >= 0.6 is 0 Å². The van der Waals surface area contributed by atoms with Crippen LogP contribution in [-0.2, 0) is 4.79 Å². The highest BCUT2D eigenvalue weighted by Gasteiger charge is 2.27. The summed E-state index contributed by atoms with van der Waals surface area (Å²) in [5.74, 6) is -0.308. The van der Waals surface area contributed by atoms with Gasteiger partial charge in [-0.1, -0.05) is 42.5 Å². The number of benzene rings is 3. The number of aromatic hydroxyl groups is 1. The van der Waals surface area contributed by atoms with Gasteiger partial charge in [-0.15, -0.1) is 0 Å². The van der Waals surface area contributed by atoms with Crippen LogP contribution < -0.4 is 21.9 Å². The Hall–Kier alpha value is -3.91. The van der Waals surface area contributed by atoms with Gasteiger partial charge in [-0.25, -0.2) is 4.79 Å². The van der Waals surface area contributed by atoms with E-state index in [9.17, 15) is 9.90 Å². The molecule has 0 aliphatic carbocycles. The first-order valence-electron chi connectivity index (χ1n) is 8.81. The molecular formula is C21H17ClN4O4. The maximum Gasteiger partial charge on any atom is 0.341 e. The van der Waals surface area contributed by atoms with Crippen LogP contribution in [0.2, 0.25) is 0 Å². The van der Waals surface area contributed by atoms with Crippen LogP contribution in [0.3, 0.4) is 0 Å². The molecule has 152 valence electrons. The Bertz CT molecular complexity index is 1160. The van der Waals surface area contributed by atoms with Crippen molar-refractivity contribution in [3.05, 3.63) is 78.9 Å². The second-order valence-electron chi connectivity index (χ2n) is 6.11. The van der Waals surface area contributed by atoms with Gasteiger partial charge in [0.2, 0.25) is 5.69 Å². The number of phenolic OH excluding ortho intramolecular Hbond substituents is 1. The zero-order chi connectivity index (χ0) is 20.2.